The van der Waals surface area contributed by atoms with Crippen LogP contribution in [0.2, 0.25) is 5.02 Å². The van der Waals surface area contributed by atoms with Gasteiger partial charge in [-0.25, -0.2) is 0 Å². The van der Waals surface area contributed by atoms with Gasteiger partial charge in [-0.1, -0.05) is 17.7 Å². The Morgan fingerprint density at radius 1 is 1.20 bits per heavy atom. The summed E-state index contributed by atoms with van der Waals surface area (Å²) in [6.07, 6.45) is 1.80. The Hall–Kier alpha value is -1.58. The minimum Gasteiger partial charge on any atom is -0.492 e. The molecule has 20 heavy (non-hydrogen) atoms. The van der Waals surface area contributed by atoms with E-state index in [1.165, 1.54) is 0 Å². The van der Waals surface area contributed by atoms with E-state index >= 15 is 0 Å². The summed E-state index contributed by atoms with van der Waals surface area (Å²) in [5.74, 6) is 0.865. The molecule has 0 aliphatic heterocycles. The van der Waals surface area contributed by atoms with E-state index in [2.05, 4.69) is 10.3 Å². The first-order valence-electron chi connectivity index (χ1n) is 6.67. The van der Waals surface area contributed by atoms with E-state index in [0.29, 0.717) is 6.61 Å². The highest BCUT2D eigenvalue weighted by atomic mass is 35.5. The zero-order valence-corrected chi connectivity index (χ0v) is 12.6. The van der Waals surface area contributed by atoms with Crippen molar-refractivity contribution in [3.8, 4) is 5.75 Å². The molecule has 2 rings (SSSR count). The van der Waals surface area contributed by atoms with Crippen LogP contribution in [-0.2, 0) is 6.54 Å². The molecule has 2 aromatic rings. The third-order valence-corrected chi connectivity index (χ3v) is 3.59. The highest BCUT2D eigenvalue weighted by Crippen LogP contribution is 2.25. The second-order valence-corrected chi connectivity index (χ2v) is 5.10. The first-order valence-corrected chi connectivity index (χ1v) is 7.05. The van der Waals surface area contributed by atoms with E-state index in [-0.39, 0.29) is 0 Å². The summed E-state index contributed by atoms with van der Waals surface area (Å²) in [6.45, 7) is 6.12. The molecule has 1 heterocycles. The summed E-state index contributed by atoms with van der Waals surface area (Å²) in [7, 11) is 0. The second kappa shape index (κ2) is 7.27. The molecule has 0 amide bonds. The normalized spacial score (nSPS) is 10.6. The Balaban J connectivity index is 1.74. The Morgan fingerprint density at radius 3 is 2.60 bits per heavy atom. The average molecular weight is 291 g/mol. The van der Waals surface area contributed by atoms with Gasteiger partial charge in [-0.05, 0) is 49.2 Å². The molecule has 0 bridgehead atoms. The molecule has 0 radical (unpaired) electrons. The molecule has 0 aliphatic rings. The Bertz CT molecular complexity index is 535. The van der Waals surface area contributed by atoms with Gasteiger partial charge in [0.05, 0.1) is 5.69 Å². The number of nitrogens with zero attached hydrogens (tertiary/aromatic N) is 1. The van der Waals surface area contributed by atoms with Crippen molar-refractivity contribution < 1.29 is 4.74 Å². The monoisotopic (exact) mass is 290 g/mol. The van der Waals surface area contributed by atoms with Crippen molar-refractivity contribution in [1.29, 1.82) is 0 Å². The summed E-state index contributed by atoms with van der Waals surface area (Å²) in [4.78, 5) is 4.25. The third kappa shape index (κ3) is 4.22. The van der Waals surface area contributed by atoms with Gasteiger partial charge < -0.3 is 10.1 Å². The van der Waals surface area contributed by atoms with Crippen LogP contribution in [0.25, 0.3) is 0 Å². The molecule has 0 spiro atoms. The summed E-state index contributed by atoms with van der Waals surface area (Å²) < 4.78 is 5.72. The lowest BCUT2D eigenvalue weighted by Crippen LogP contribution is -2.21. The fraction of sp³-hybridized carbons (Fsp3) is 0.312. The second-order valence-electron chi connectivity index (χ2n) is 4.72. The standard InChI is InChI=1S/C16H19ClN2O/c1-12-9-15(10-13(2)16(12)17)20-8-7-18-11-14-5-3-4-6-19-14/h3-6,9-10,18H,7-8,11H2,1-2H3. The van der Waals surface area contributed by atoms with Gasteiger partial charge in [0.25, 0.3) is 0 Å². The van der Waals surface area contributed by atoms with E-state index in [9.17, 15) is 0 Å². The molecule has 0 aliphatic carbocycles. The number of aromatic nitrogens is 1. The fourth-order valence-corrected chi connectivity index (χ4v) is 2.06. The number of rotatable bonds is 6. The molecule has 0 fully saturated rings. The predicted molar refractivity (Wildman–Crippen MR) is 82.4 cm³/mol. The lowest BCUT2D eigenvalue weighted by atomic mass is 10.1. The van der Waals surface area contributed by atoms with E-state index in [4.69, 9.17) is 16.3 Å². The maximum absolute atomic E-state index is 6.13. The summed E-state index contributed by atoms with van der Waals surface area (Å²) in [5, 5.41) is 4.11. The molecule has 1 aromatic heterocycles. The highest BCUT2D eigenvalue weighted by molar-refractivity contribution is 6.32. The topological polar surface area (TPSA) is 34.1 Å². The summed E-state index contributed by atoms with van der Waals surface area (Å²) in [6, 6.07) is 9.83. The Morgan fingerprint density at radius 2 is 1.95 bits per heavy atom. The zero-order chi connectivity index (χ0) is 14.4. The van der Waals surface area contributed by atoms with Gasteiger partial charge in [0.1, 0.15) is 12.4 Å². The van der Waals surface area contributed by atoms with Gasteiger partial charge in [-0.15, -0.1) is 0 Å². The molecule has 0 atom stereocenters. The van der Waals surface area contributed by atoms with Crippen molar-refractivity contribution in [3.63, 3.8) is 0 Å². The molecular formula is C16H19ClN2O. The van der Waals surface area contributed by atoms with Crippen molar-refractivity contribution in [3.05, 3.63) is 58.4 Å². The van der Waals surface area contributed by atoms with E-state index in [1.54, 1.807) is 6.20 Å². The summed E-state index contributed by atoms with van der Waals surface area (Å²) in [5.41, 5.74) is 3.12. The number of pyridine rings is 1. The van der Waals surface area contributed by atoms with Gasteiger partial charge >= 0.3 is 0 Å². The lowest BCUT2D eigenvalue weighted by molar-refractivity contribution is 0.313. The quantitative estimate of drug-likeness (QED) is 0.827. The van der Waals surface area contributed by atoms with Crippen LogP contribution in [0.1, 0.15) is 16.8 Å². The van der Waals surface area contributed by atoms with E-state index in [1.807, 2.05) is 44.2 Å². The van der Waals surface area contributed by atoms with Crippen LogP contribution < -0.4 is 10.1 Å². The van der Waals surface area contributed by atoms with Crippen LogP contribution in [0.5, 0.6) is 5.75 Å². The van der Waals surface area contributed by atoms with Gasteiger partial charge in [0.15, 0.2) is 0 Å². The smallest absolute Gasteiger partial charge is 0.119 e. The number of hydrogen-bond donors (Lipinski definition) is 1. The number of aryl methyl sites for hydroxylation is 2. The van der Waals surface area contributed by atoms with E-state index in [0.717, 1.165) is 40.7 Å². The van der Waals surface area contributed by atoms with Crippen molar-refractivity contribution >= 4 is 11.6 Å². The Kier molecular flexibility index (Phi) is 5.39. The molecule has 4 heteroatoms. The third-order valence-electron chi connectivity index (χ3n) is 2.99. The van der Waals surface area contributed by atoms with Crippen molar-refractivity contribution in [2.75, 3.05) is 13.2 Å². The van der Waals surface area contributed by atoms with Crippen molar-refractivity contribution in [1.82, 2.24) is 10.3 Å². The van der Waals surface area contributed by atoms with Crippen LogP contribution in [0, 0.1) is 13.8 Å². The first kappa shape index (κ1) is 14.8. The van der Waals surface area contributed by atoms with Crippen LogP contribution >= 0.6 is 11.6 Å². The van der Waals surface area contributed by atoms with Crippen LogP contribution in [-0.4, -0.2) is 18.1 Å². The zero-order valence-electron chi connectivity index (χ0n) is 11.8. The Labute approximate surface area is 124 Å². The fourth-order valence-electron chi connectivity index (χ4n) is 1.95. The van der Waals surface area contributed by atoms with Crippen molar-refractivity contribution in [2.45, 2.75) is 20.4 Å². The largest absolute Gasteiger partial charge is 0.492 e. The van der Waals surface area contributed by atoms with Gasteiger partial charge in [0, 0.05) is 24.3 Å². The number of hydrogen-bond acceptors (Lipinski definition) is 3. The molecule has 106 valence electrons. The number of halogens is 1. The predicted octanol–water partition coefficient (Wildman–Crippen LogP) is 3.52. The van der Waals surface area contributed by atoms with Gasteiger partial charge in [0.2, 0.25) is 0 Å². The van der Waals surface area contributed by atoms with E-state index < -0.39 is 0 Å². The minimum absolute atomic E-state index is 0.618. The van der Waals surface area contributed by atoms with Crippen LogP contribution in [0.15, 0.2) is 36.5 Å². The molecular weight excluding hydrogens is 272 g/mol. The molecule has 0 unspecified atom stereocenters. The van der Waals surface area contributed by atoms with Crippen LogP contribution in [0.3, 0.4) is 0 Å². The van der Waals surface area contributed by atoms with Gasteiger partial charge in [-0.3, -0.25) is 4.98 Å². The lowest BCUT2D eigenvalue weighted by Gasteiger charge is -2.10. The summed E-state index contributed by atoms with van der Waals surface area (Å²) >= 11 is 6.13. The molecule has 3 nitrogen and oxygen atoms in total. The van der Waals surface area contributed by atoms with Gasteiger partial charge in [-0.2, -0.15) is 0 Å². The number of benzene rings is 1. The first-order chi connectivity index (χ1) is 9.66. The maximum atomic E-state index is 6.13. The number of ether oxygens (including phenoxy) is 1. The molecule has 1 aromatic carbocycles. The number of nitrogens with one attached hydrogen (secondary N) is 1. The van der Waals surface area contributed by atoms with Crippen molar-refractivity contribution in [2.24, 2.45) is 0 Å². The minimum atomic E-state index is 0.618. The molecule has 1 N–H and O–H groups in total. The SMILES string of the molecule is Cc1cc(OCCNCc2ccccn2)cc(C)c1Cl. The van der Waals surface area contributed by atoms with Crippen LogP contribution in [0.4, 0.5) is 0 Å². The average Bonchev–Trinajstić information content (AvgIpc) is 2.45. The highest BCUT2D eigenvalue weighted by Gasteiger charge is 2.03. The molecule has 0 saturated heterocycles. The molecule has 0 saturated carbocycles. The maximum Gasteiger partial charge on any atom is 0.119 e.